The van der Waals surface area contributed by atoms with Gasteiger partial charge in [0.25, 0.3) is 5.91 Å². The van der Waals surface area contributed by atoms with Crippen LogP contribution in [0.5, 0.6) is 5.75 Å². The second-order valence-electron chi connectivity index (χ2n) is 3.68. The lowest BCUT2D eigenvalue weighted by Crippen LogP contribution is -2.22. The van der Waals surface area contributed by atoms with Crippen LogP contribution in [0.1, 0.15) is 21.2 Å². The molecule has 0 aliphatic rings. The van der Waals surface area contributed by atoms with Crippen LogP contribution in [-0.4, -0.2) is 22.4 Å². The first-order chi connectivity index (χ1) is 8.69. The second kappa shape index (κ2) is 5.59. The van der Waals surface area contributed by atoms with Crippen LogP contribution in [0.3, 0.4) is 0 Å². The number of aromatic nitrogens is 2. The number of amides is 1. The molecule has 94 valence electrons. The van der Waals surface area contributed by atoms with Crippen LogP contribution in [-0.2, 0) is 6.54 Å². The number of ether oxygens (including phenoxy) is 1. The lowest BCUT2D eigenvalue weighted by Gasteiger charge is -2.04. The van der Waals surface area contributed by atoms with E-state index in [1.54, 1.807) is 14.0 Å². The summed E-state index contributed by atoms with van der Waals surface area (Å²) in [6.07, 6.45) is 0. The maximum absolute atomic E-state index is 11.7. The molecule has 1 N–H and O–H groups in total. The van der Waals surface area contributed by atoms with E-state index in [1.807, 2.05) is 24.3 Å². The van der Waals surface area contributed by atoms with Gasteiger partial charge in [0.05, 0.1) is 7.11 Å². The van der Waals surface area contributed by atoms with E-state index in [9.17, 15) is 4.79 Å². The molecule has 6 heteroatoms. The van der Waals surface area contributed by atoms with Crippen LogP contribution in [0.25, 0.3) is 0 Å². The van der Waals surface area contributed by atoms with Crippen molar-refractivity contribution in [1.29, 1.82) is 0 Å². The van der Waals surface area contributed by atoms with E-state index < -0.39 is 0 Å². The van der Waals surface area contributed by atoms with Crippen molar-refractivity contribution < 1.29 is 9.53 Å². The molecule has 18 heavy (non-hydrogen) atoms. The zero-order chi connectivity index (χ0) is 13.0. The number of aryl methyl sites for hydroxylation is 1. The number of benzene rings is 1. The number of hydrogen-bond acceptors (Lipinski definition) is 5. The lowest BCUT2D eigenvalue weighted by atomic mass is 10.2. The average Bonchev–Trinajstić information content (AvgIpc) is 2.83. The molecule has 0 aliphatic carbocycles. The summed E-state index contributed by atoms with van der Waals surface area (Å²) in [6.45, 7) is 2.22. The Morgan fingerprint density at radius 2 is 2.11 bits per heavy atom. The van der Waals surface area contributed by atoms with Gasteiger partial charge in [0.2, 0.25) is 5.01 Å². The molecule has 0 radical (unpaired) electrons. The maximum Gasteiger partial charge on any atom is 0.282 e. The van der Waals surface area contributed by atoms with E-state index in [0.29, 0.717) is 17.4 Å². The average molecular weight is 263 g/mol. The molecule has 1 aromatic heterocycles. The fourth-order valence-electron chi connectivity index (χ4n) is 1.39. The molecule has 2 rings (SSSR count). The summed E-state index contributed by atoms with van der Waals surface area (Å²) in [5.41, 5.74) is 1.00. The molecule has 1 aromatic carbocycles. The van der Waals surface area contributed by atoms with E-state index in [1.165, 1.54) is 0 Å². The molecule has 0 bridgehead atoms. The molecule has 5 nitrogen and oxygen atoms in total. The highest BCUT2D eigenvalue weighted by atomic mass is 32.1. The molecule has 0 atom stereocenters. The fraction of sp³-hybridized carbons (Fsp3) is 0.250. The van der Waals surface area contributed by atoms with Crippen molar-refractivity contribution in [2.75, 3.05) is 7.11 Å². The summed E-state index contributed by atoms with van der Waals surface area (Å²) in [6, 6.07) is 7.53. The number of hydrogen-bond donors (Lipinski definition) is 1. The van der Waals surface area contributed by atoms with Crippen LogP contribution in [0.4, 0.5) is 0 Å². The van der Waals surface area contributed by atoms with Crippen molar-refractivity contribution in [3.8, 4) is 5.75 Å². The second-order valence-corrected chi connectivity index (χ2v) is 4.43. The minimum atomic E-state index is -0.198. The number of carbonyl (C=O) groups is 1. The zero-order valence-electron chi connectivity index (χ0n) is 10.1. The Bertz CT molecular complexity index is 537. The monoisotopic (exact) mass is 263 g/mol. The van der Waals surface area contributed by atoms with Gasteiger partial charge in [-0.2, -0.15) is 4.37 Å². The standard InChI is InChI=1S/C12H13N3O2S/c1-8-14-12(18-15-8)11(16)13-7-9-3-5-10(17-2)6-4-9/h3-6H,7H2,1-2H3,(H,13,16). The van der Waals surface area contributed by atoms with E-state index >= 15 is 0 Å². The summed E-state index contributed by atoms with van der Waals surface area (Å²) in [4.78, 5) is 15.8. The highest BCUT2D eigenvalue weighted by Gasteiger charge is 2.10. The predicted octanol–water partition coefficient (Wildman–Crippen LogP) is 1.79. The third kappa shape index (κ3) is 3.04. The van der Waals surface area contributed by atoms with E-state index in [-0.39, 0.29) is 5.91 Å². The van der Waals surface area contributed by atoms with Crippen molar-refractivity contribution in [3.63, 3.8) is 0 Å². The highest BCUT2D eigenvalue weighted by Crippen LogP contribution is 2.11. The quantitative estimate of drug-likeness (QED) is 0.913. The Balaban J connectivity index is 1.92. The molecular weight excluding hydrogens is 250 g/mol. The lowest BCUT2D eigenvalue weighted by molar-refractivity contribution is 0.0950. The van der Waals surface area contributed by atoms with Crippen LogP contribution < -0.4 is 10.1 Å². The van der Waals surface area contributed by atoms with Crippen LogP contribution >= 0.6 is 11.5 Å². The molecule has 2 aromatic rings. The molecule has 0 saturated carbocycles. The Morgan fingerprint density at radius 1 is 1.39 bits per heavy atom. The van der Waals surface area contributed by atoms with Crippen molar-refractivity contribution in [1.82, 2.24) is 14.7 Å². The summed E-state index contributed by atoms with van der Waals surface area (Å²) in [5.74, 6) is 1.22. The van der Waals surface area contributed by atoms with Gasteiger partial charge < -0.3 is 10.1 Å². The molecule has 0 saturated heterocycles. The normalized spacial score (nSPS) is 10.1. The molecule has 1 amide bonds. The summed E-state index contributed by atoms with van der Waals surface area (Å²) in [5, 5.41) is 3.18. The highest BCUT2D eigenvalue weighted by molar-refractivity contribution is 7.07. The number of carbonyl (C=O) groups excluding carboxylic acids is 1. The Labute approximate surface area is 109 Å². The topological polar surface area (TPSA) is 64.1 Å². The first kappa shape index (κ1) is 12.5. The van der Waals surface area contributed by atoms with Crippen molar-refractivity contribution in [3.05, 3.63) is 40.7 Å². The van der Waals surface area contributed by atoms with Crippen molar-refractivity contribution in [2.24, 2.45) is 0 Å². The number of nitrogens with zero attached hydrogens (tertiary/aromatic N) is 2. The Hall–Kier alpha value is -1.95. The maximum atomic E-state index is 11.7. The van der Waals surface area contributed by atoms with Crippen molar-refractivity contribution in [2.45, 2.75) is 13.5 Å². The Kier molecular flexibility index (Phi) is 3.88. The predicted molar refractivity (Wildman–Crippen MR) is 68.8 cm³/mol. The third-order valence-corrected chi connectivity index (χ3v) is 3.14. The SMILES string of the molecule is COc1ccc(CNC(=O)c2nc(C)ns2)cc1. The minimum absolute atomic E-state index is 0.198. The number of rotatable bonds is 4. The summed E-state index contributed by atoms with van der Waals surface area (Å²) < 4.78 is 9.03. The molecule has 1 heterocycles. The van der Waals surface area contributed by atoms with Gasteiger partial charge in [0.1, 0.15) is 11.6 Å². The van der Waals surface area contributed by atoms with Crippen LogP contribution in [0.15, 0.2) is 24.3 Å². The van der Waals surface area contributed by atoms with E-state index in [4.69, 9.17) is 4.74 Å². The smallest absolute Gasteiger partial charge is 0.282 e. The molecule has 0 unspecified atom stereocenters. The summed E-state index contributed by atoms with van der Waals surface area (Å²) >= 11 is 1.11. The van der Waals surface area contributed by atoms with E-state index in [0.717, 1.165) is 22.8 Å². The number of nitrogens with one attached hydrogen (secondary N) is 1. The fourth-order valence-corrected chi connectivity index (χ4v) is 1.98. The van der Waals surface area contributed by atoms with Crippen molar-refractivity contribution >= 4 is 17.4 Å². The molecule has 0 fully saturated rings. The van der Waals surface area contributed by atoms with Gasteiger partial charge >= 0.3 is 0 Å². The third-order valence-electron chi connectivity index (χ3n) is 2.33. The van der Waals surface area contributed by atoms with Gasteiger partial charge in [-0.3, -0.25) is 4.79 Å². The minimum Gasteiger partial charge on any atom is -0.497 e. The number of methoxy groups -OCH3 is 1. The van der Waals surface area contributed by atoms with Gasteiger partial charge in [-0.15, -0.1) is 0 Å². The van der Waals surface area contributed by atoms with Gasteiger partial charge in [-0.05, 0) is 36.2 Å². The first-order valence-corrected chi connectivity index (χ1v) is 6.18. The Morgan fingerprint density at radius 3 is 2.67 bits per heavy atom. The first-order valence-electron chi connectivity index (χ1n) is 5.40. The molecular formula is C12H13N3O2S. The summed E-state index contributed by atoms with van der Waals surface area (Å²) in [7, 11) is 1.62. The zero-order valence-corrected chi connectivity index (χ0v) is 11.0. The molecule has 0 aliphatic heterocycles. The van der Waals surface area contributed by atoms with Gasteiger partial charge in [0, 0.05) is 6.54 Å². The molecule has 0 spiro atoms. The van der Waals surface area contributed by atoms with Gasteiger partial charge in [0.15, 0.2) is 0 Å². The van der Waals surface area contributed by atoms with Crippen LogP contribution in [0.2, 0.25) is 0 Å². The van der Waals surface area contributed by atoms with Gasteiger partial charge in [-0.1, -0.05) is 12.1 Å². The van der Waals surface area contributed by atoms with E-state index in [2.05, 4.69) is 14.7 Å². The van der Waals surface area contributed by atoms with Crippen LogP contribution in [0, 0.1) is 6.92 Å². The largest absolute Gasteiger partial charge is 0.497 e. The van der Waals surface area contributed by atoms with Gasteiger partial charge in [-0.25, -0.2) is 4.98 Å².